The Morgan fingerprint density at radius 3 is 2.62 bits per heavy atom. The maximum Gasteiger partial charge on any atom is 0.123 e. The number of methoxy groups -OCH3 is 1. The maximum absolute atomic E-state index is 13.3. The molecule has 112 valence electrons. The molecule has 0 aliphatic carbocycles. The van der Waals surface area contributed by atoms with E-state index in [1.54, 1.807) is 19.2 Å². The molecule has 0 bridgehead atoms. The Bertz CT molecular complexity index is 601. The van der Waals surface area contributed by atoms with Crippen LogP contribution in [0.2, 0.25) is 0 Å². The second-order valence-electron chi connectivity index (χ2n) is 5.02. The molecule has 21 heavy (non-hydrogen) atoms. The average Bonchev–Trinajstić information content (AvgIpc) is 2.48. The minimum absolute atomic E-state index is 0.177. The van der Waals surface area contributed by atoms with Crippen LogP contribution < -0.4 is 4.74 Å². The fourth-order valence-corrected chi connectivity index (χ4v) is 3.19. The molecule has 0 amide bonds. The second kappa shape index (κ2) is 7.95. The molecular formula is C17H17Br2FO. The van der Waals surface area contributed by atoms with E-state index in [1.807, 2.05) is 24.3 Å². The topological polar surface area (TPSA) is 9.23 Å². The van der Waals surface area contributed by atoms with Crippen molar-refractivity contribution in [1.82, 2.24) is 0 Å². The highest BCUT2D eigenvalue weighted by molar-refractivity contribution is 9.10. The molecule has 0 fully saturated rings. The molecular weight excluding hydrogens is 399 g/mol. The molecule has 1 unspecified atom stereocenters. The van der Waals surface area contributed by atoms with Crippen molar-refractivity contribution >= 4 is 31.9 Å². The van der Waals surface area contributed by atoms with Crippen LogP contribution in [0.1, 0.15) is 11.1 Å². The van der Waals surface area contributed by atoms with Crippen LogP contribution in [0.25, 0.3) is 0 Å². The molecule has 0 aliphatic rings. The van der Waals surface area contributed by atoms with E-state index in [-0.39, 0.29) is 5.82 Å². The van der Waals surface area contributed by atoms with Crippen molar-refractivity contribution in [2.75, 3.05) is 12.4 Å². The molecule has 0 saturated carbocycles. The highest BCUT2D eigenvalue weighted by atomic mass is 79.9. The molecule has 0 radical (unpaired) electrons. The van der Waals surface area contributed by atoms with Gasteiger partial charge in [-0.1, -0.05) is 44.0 Å². The van der Waals surface area contributed by atoms with Crippen LogP contribution >= 0.6 is 31.9 Å². The number of benzene rings is 2. The van der Waals surface area contributed by atoms with Crippen LogP contribution in [0.5, 0.6) is 5.75 Å². The van der Waals surface area contributed by atoms with Gasteiger partial charge in [0.1, 0.15) is 11.6 Å². The summed E-state index contributed by atoms with van der Waals surface area (Å²) in [4.78, 5) is 0. The number of hydrogen-bond acceptors (Lipinski definition) is 1. The summed E-state index contributed by atoms with van der Waals surface area (Å²) in [6, 6.07) is 12.8. The Kier molecular flexibility index (Phi) is 6.24. The standard InChI is InChI=1S/C17H17Br2FO/c1-21-16-5-6-17(19)14(10-16)8-13(11-18)7-12-3-2-4-15(20)9-12/h2-6,9-10,13H,7-8,11H2,1H3. The minimum Gasteiger partial charge on any atom is -0.497 e. The summed E-state index contributed by atoms with van der Waals surface area (Å²) in [7, 11) is 1.67. The number of alkyl halides is 1. The van der Waals surface area contributed by atoms with Crippen molar-refractivity contribution in [2.24, 2.45) is 5.92 Å². The molecule has 0 aromatic heterocycles. The molecule has 0 N–H and O–H groups in total. The highest BCUT2D eigenvalue weighted by Gasteiger charge is 2.13. The van der Waals surface area contributed by atoms with Gasteiger partial charge < -0.3 is 4.74 Å². The zero-order chi connectivity index (χ0) is 15.2. The first kappa shape index (κ1) is 16.5. The molecule has 1 atom stereocenters. The lowest BCUT2D eigenvalue weighted by molar-refractivity contribution is 0.413. The molecule has 2 aromatic carbocycles. The summed E-state index contributed by atoms with van der Waals surface area (Å²) < 4.78 is 19.6. The summed E-state index contributed by atoms with van der Waals surface area (Å²) in [5.41, 5.74) is 2.23. The Morgan fingerprint density at radius 2 is 1.95 bits per heavy atom. The summed E-state index contributed by atoms with van der Waals surface area (Å²) in [6.45, 7) is 0. The second-order valence-corrected chi connectivity index (χ2v) is 6.52. The van der Waals surface area contributed by atoms with Gasteiger partial charge in [-0.15, -0.1) is 0 Å². The fourth-order valence-electron chi connectivity index (χ4n) is 2.32. The zero-order valence-corrected chi connectivity index (χ0v) is 15.0. The van der Waals surface area contributed by atoms with E-state index in [1.165, 1.54) is 11.6 Å². The van der Waals surface area contributed by atoms with Crippen LogP contribution in [0.15, 0.2) is 46.9 Å². The van der Waals surface area contributed by atoms with Gasteiger partial charge >= 0.3 is 0 Å². The van der Waals surface area contributed by atoms with Crippen molar-refractivity contribution in [1.29, 1.82) is 0 Å². The van der Waals surface area contributed by atoms with Crippen molar-refractivity contribution in [3.63, 3.8) is 0 Å². The predicted molar refractivity (Wildman–Crippen MR) is 91.8 cm³/mol. The number of rotatable bonds is 6. The quantitative estimate of drug-likeness (QED) is 0.574. The molecule has 2 aromatic rings. The normalized spacial score (nSPS) is 12.2. The van der Waals surface area contributed by atoms with E-state index in [2.05, 4.69) is 31.9 Å². The van der Waals surface area contributed by atoms with Gasteiger partial charge in [-0.3, -0.25) is 0 Å². The summed E-state index contributed by atoms with van der Waals surface area (Å²) in [5, 5.41) is 0.868. The average molecular weight is 416 g/mol. The molecule has 1 nitrogen and oxygen atoms in total. The Hall–Kier alpha value is -0.870. The highest BCUT2D eigenvalue weighted by Crippen LogP contribution is 2.26. The van der Waals surface area contributed by atoms with Crippen LogP contribution in [-0.2, 0) is 12.8 Å². The predicted octanol–water partition coefficient (Wildman–Crippen LogP) is 5.39. The first-order valence-electron chi connectivity index (χ1n) is 6.75. The smallest absolute Gasteiger partial charge is 0.123 e. The minimum atomic E-state index is -0.177. The van der Waals surface area contributed by atoms with Gasteiger partial charge in [-0.05, 0) is 60.2 Å². The van der Waals surface area contributed by atoms with Gasteiger partial charge in [-0.2, -0.15) is 0 Å². The SMILES string of the molecule is COc1ccc(Br)c(CC(CBr)Cc2cccc(F)c2)c1. The molecule has 0 heterocycles. The first-order valence-corrected chi connectivity index (χ1v) is 8.66. The summed E-state index contributed by atoms with van der Waals surface area (Å²) in [6.07, 6.45) is 1.74. The monoisotopic (exact) mass is 414 g/mol. The third-order valence-electron chi connectivity index (χ3n) is 3.39. The Labute approximate surface area is 141 Å². The summed E-state index contributed by atoms with van der Waals surface area (Å²) >= 11 is 7.15. The fraction of sp³-hybridized carbons (Fsp3) is 0.294. The lowest BCUT2D eigenvalue weighted by atomic mass is 9.94. The van der Waals surface area contributed by atoms with Gasteiger partial charge in [0.05, 0.1) is 7.11 Å². The molecule has 0 saturated heterocycles. The number of halogens is 3. The lowest BCUT2D eigenvalue weighted by Crippen LogP contribution is -2.10. The van der Waals surface area contributed by atoms with E-state index in [4.69, 9.17) is 4.74 Å². The lowest BCUT2D eigenvalue weighted by Gasteiger charge is -2.16. The van der Waals surface area contributed by atoms with E-state index in [9.17, 15) is 4.39 Å². The Balaban J connectivity index is 2.12. The third-order valence-corrected chi connectivity index (χ3v) is 5.08. The van der Waals surface area contributed by atoms with Crippen LogP contribution in [-0.4, -0.2) is 12.4 Å². The van der Waals surface area contributed by atoms with E-state index >= 15 is 0 Å². The number of hydrogen-bond donors (Lipinski definition) is 0. The van der Waals surface area contributed by atoms with Gasteiger partial charge in [-0.25, -0.2) is 4.39 Å². The molecule has 2 rings (SSSR count). The maximum atomic E-state index is 13.3. The van der Waals surface area contributed by atoms with Crippen LogP contribution in [0.4, 0.5) is 4.39 Å². The van der Waals surface area contributed by atoms with Gasteiger partial charge in [0, 0.05) is 9.80 Å². The van der Waals surface area contributed by atoms with Crippen molar-refractivity contribution in [3.05, 3.63) is 63.9 Å². The largest absolute Gasteiger partial charge is 0.497 e. The van der Waals surface area contributed by atoms with E-state index in [0.29, 0.717) is 5.92 Å². The molecule has 4 heteroatoms. The van der Waals surface area contributed by atoms with Gasteiger partial charge in [0.15, 0.2) is 0 Å². The van der Waals surface area contributed by atoms with E-state index < -0.39 is 0 Å². The van der Waals surface area contributed by atoms with Gasteiger partial charge in [0.25, 0.3) is 0 Å². The zero-order valence-electron chi connectivity index (χ0n) is 11.8. The summed E-state index contributed by atoms with van der Waals surface area (Å²) in [5.74, 6) is 1.07. The van der Waals surface area contributed by atoms with Crippen LogP contribution in [0.3, 0.4) is 0 Å². The third kappa shape index (κ3) is 4.82. The van der Waals surface area contributed by atoms with Crippen molar-refractivity contribution in [3.8, 4) is 5.75 Å². The molecule has 0 spiro atoms. The number of ether oxygens (including phenoxy) is 1. The Morgan fingerprint density at radius 1 is 1.14 bits per heavy atom. The first-order chi connectivity index (χ1) is 10.1. The van der Waals surface area contributed by atoms with E-state index in [0.717, 1.165) is 34.0 Å². The van der Waals surface area contributed by atoms with Gasteiger partial charge in [0.2, 0.25) is 0 Å². The molecule has 0 aliphatic heterocycles. The van der Waals surface area contributed by atoms with Crippen molar-refractivity contribution in [2.45, 2.75) is 12.8 Å². The van der Waals surface area contributed by atoms with Crippen LogP contribution in [0, 0.1) is 11.7 Å². The van der Waals surface area contributed by atoms with Crippen molar-refractivity contribution < 1.29 is 9.13 Å².